The fraction of sp³-hybridized carbons (Fsp3) is 0.167. The first kappa shape index (κ1) is 10.4. The van der Waals surface area contributed by atoms with Crippen LogP contribution in [0.2, 0.25) is 0 Å². The van der Waals surface area contributed by atoms with E-state index in [0.717, 1.165) is 5.69 Å². The van der Waals surface area contributed by atoms with E-state index in [0.29, 0.717) is 16.6 Å². The standard InChI is InChI=1S/C12H10FN3/c1-16(2)12-6-9(7-14)15-11-4-3-8(13)5-10(11)12/h3-6H,1-2H3. The van der Waals surface area contributed by atoms with Crippen LogP contribution in [0.4, 0.5) is 10.1 Å². The minimum Gasteiger partial charge on any atom is -0.377 e. The quantitative estimate of drug-likeness (QED) is 0.732. The zero-order valence-electron chi connectivity index (χ0n) is 9.03. The number of benzene rings is 1. The van der Waals surface area contributed by atoms with Crippen molar-refractivity contribution in [1.29, 1.82) is 5.26 Å². The molecule has 1 aromatic carbocycles. The Hall–Kier alpha value is -2.15. The lowest BCUT2D eigenvalue weighted by Gasteiger charge is -2.15. The second-order valence-electron chi connectivity index (χ2n) is 3.69. The third kappa shape index (κ3) is 1.68. The number of anilines is 1. The molecular formula is C12H10FN3. The fourth-order valence-electron chi connectivity index (χ4n) is 1.61. The van der Waals surface area contributed by atoms with Gasteiger partial charge in [0.15, 0.2) is 0 Å². The van der Waals surface area contributed by atoms with E-state index in [1.54, 1.807) is 12.1 Å². The lowest BCUT2D eigenvalue weighted by Crippen LogP contribution is -2.10. The monoisotopic (exact) mass is 215 g/mol. The molecule has 0 N–H and O–H groups in total. The first-order valence-corrected chi connectivity index (χ1v) is 4.79. The van der Waals surface area contributed by atoms with Crippen LogP contribution < -0.4 is 4.90 Å². The Kier molecular flexibility index (Phi) is 2.45. The highest BCUT2D eigenvalue weighted by Gasteiger charge is 2.08. The molecule has 3 nitrogen and oxygen atoms in total. The summed E-state index contributed by atoms with van der Waals surface area (Å²) in [5, 5.41) is 9.56. The van der Waals surface area contributed by atoms with E-state index < -0.39 is 0 Å². The summed E-state index contributed by atoms with van der Waals surface area (Å²) in [7, 11) is 3.70. The summed E-state index contributed by atoms with van der Waals surface area (Å²) in [5.41, 5.74) is 1.76. The van der Waals surface area contributed by atoms with Gasteiger partial charge in [0, 0.05) is 25.2 Å². The fourth-order valence-corrected chi connectivity index (χ4v) is 1.61. The molecule has 0 fully saturated rings. The molecular weight excluding hydrogens is 205 g/mol. The number of hydrogen-bond acceptors (Lipinski definition) is 3. The summed E-state index contributed by atoms with van der Waals surface area (Å²) in [6.45, 7) is 0. The normalized spacial score (nSPS) is 10.1. The number of rotatable bonds is 1. The van der Waals surface area contributed by atoms with Crippen LogP contribution in [0.15, 0.2) is 24.3 Å². The van der Waals surface area contributed by atoms with Crippen LogP contribution in [-0.2, 0) is 0 Å². The molecule has 0 bridgehead atoms. The van der Waals surface area contributed by atoms with Gasteiger partial charge in [0.25, 0.3) is 0 Å². The van der Waals surface area contributed by atoms with E-state index >= 15 is 0 Å². The summed E-state index contributed by atoms with van der Waals surface area (Å²) in [5.74, 6) is -0.304. The molecule has 1 aromatic heterocycles. The van der Waals surface area contributed by atoms with Crippen LogP contribution in [0.3, 0.4) is 0 Å². The molecule has 0 unspecified atom stereocenters. The van der Waals surface area contributed by atoms with Gasteiger partial charge >= 0.3 is 0 Å². The van der Waals surface area contributed by atoms with Gasteiger partial charge in [-0.1, -0.05) is 0 Å². The second-order valence-corrected chi connectivity index (χ2v) is 3.69. The number of nitrogens with zero attached hydrogens (tertiary/aromatic N) is 3. The Bertz CT molecular complexity index is 585. The highest BCUT2D eigenvalue weighted by atomic mass is 19.1. The second kappa shape index (κ2) is 3.78. The van der Waals surface area contributed by atoms with Crippen molar-refractivity contribution in [2.75, 3.05) is 19.0 Å². The Morgan fingerprint density at radius 1 is 1.31 bits per heavy atom. The molecule has 0 aliphatic carbocycles. The summed E-state index contributed by atoms with van der Waals surface area (Å²) >= 11 is 0. The smallest absolute Gasteiger partial charge is 0.143 e. The van der Waals surface area contributed by atoms with Crippen LogP contribution >= 0.6 is 0 Å². The molecule has 80 valence electrons. The Labute approximate surface area is 92.7 Å². The highest BCUT2D eigenvalue weighted by Crippen LogP contribution is 2.25. The lowest BCUT2D eigenvalue weighted by atomic mass is 10.1. The molecule has 0 saturated heterocycles. The molecule has 0 radical (unpaired) electrons. The molecule has 0 aliphatic heterocycles. The minimum absolute atomic E-state index is 0.304. The van der Waals surface area contributed by atoms with Crippen molar-refractivity contribution in [3.05, 3.63) is 35.8 Å². The Morgan fingerprint density at radius 3 is 2.69 bits per heavy atom. The zero-order valence-corrected chi connectivity index (χ0v) is 9.03. The van der Waals surface area contributed by atoms with E-state index in [9.17, 15) is 4.39 Å². The van der Waals surface area contributed by atoms with Crippen molar-refractivity contribution in [3.8, 4) is 6.07 Å². The maximum Gasteiger partial charge on any atom is 0.143 e. The van der Waals surface area contributed by atoms with Gasteiger partial charge in [-0.05, 0) is 24.3 Å². The summed E-state index contributed by atoms with van der Waals surface area (Å²) in [6, 6.07) is 8.01. The predicted octanol–water partition coefficient (Wildman–Crippen LogP) is 2.31. The Balaban J connectivity index is 2.83. The van der Waals surface area contributed by atoms with Gasteiger partial charge in [-0.2, -0.15) is 5.26 Å². The van der Waals surface area contributed by atoms with Crippen molar-refractivity contribution >= 4 is 16.6 Å². The predicted molar refractivity (Wildman–Crippen MR) is 60.7 cm³/mol. The van der Waals surface area contributed by atoms with E-state index in [1.165, 1.54) is 12.1 Å². The topological polar surface area (TPSA) is 39.9 Å². The average Bonchev–Trinajstić information content (AvgIpc) is 2.27. The van der Waals surface area contributed by atoms with Gasteiger partial charge in [-0.3, -0.25) is 0 Å². The van der Waals surface area contributed by atoms with Crippen LogP contribution in [0, 0.1) is 17.1 Å². The molecule has 0 spiro atoms. The van der Waals surface area contributed by atoms with E-state index in [1.807, 2.05) is 25.1 Å². The molecule has 0 atom stereocenters. The summed E-state index contributed by atoms with van der Waals surface area (Å²) in [4.78, 5) is 5.96. The maximum atomic E-state index is 13.2. The van der Waals surface area contributed by atoms with Gasteiger partial charge in [-0.15, -0.1) is 0 Å². The van der Waals surface area contributed by atoms with E-state index in [2.05, 4.69) is 4.98 Å². The Morgan fingerprint density at radius 2 is 2.06 bits per heavy atom. The van der Waals surface area contributed by atoms with Gasteiger partial charge < -0.3 is 4.90 Å². The zero-order chi connectivity index (χ0) is 11.7. The third-order valence-corrected chi connectivity index (χ3v) is 2.35. The van der Waals surface area contributed by atoms with Crippen LogP contribution in [0.5, 0.6) is 0 Å². The molecule has 2 rings (SSSR count). The van der Waals surface area contributed by atoms with Crippen molar-refractivity contribution in [2.45, 2.75) is 0 Å². The van der Waals surface area contributed by atoms with Gasteiger partial charge in [-0.25, -0.2) is 9.37 Å². The van der Waals surface area contributed by atoms with Crippen molar-refractivity contribution in [2.24, 2.45) is 0 Å². The van der Waals surface area contributed by atoms with Gasteiger partial charge in [0.2, 0.25) is 0 Å². The molecule has 0 saturated carbocycles. The summed E-state index contributed by atoms with van der Waals surface area (Å²) in [6.07, 6.45) is 0. The number of pyridine rings is 1. The molecule has 0 aliphatic rings. The number of aromatic nitrogens is 1. The first-order chi connectivity index (χ1) is 7.61. The number of nitriles is 1. The summed E-state index contributed by atoms with van der Waals surface area (Å²) < 4.78 is 13.2. The largest absolute Gasteiger partial charge is 0.377 e. The lowest BCUT2D eigenvalue weighted by molar-refractivity contribution is 0.629. The molecule has 16 heavy (non-hydrogen) atoms. The van der Waals surface area contributed by atoms with Gasteiger partial charge in [0.05, 0.1) is 5.52 Å². The van der Waals surface area contributed by atoms with E-state index in [-0.39, 0.29) is 5.82 Å². The third-order valence-electron chi connectivity index (χ3n) is 2.35. The van der Waals surface area contributed by atoms with E-state index in [4.69, 9.17) is 5.26 Å². The average molecular weight is 215 g/mol. The number of halogens is 1. The number of hydrogen-bond donors (Lipinski definition) is 0. The molecule has 1 heterocycles. The van der Waals surface area contributed by atoms with Crippen LogP contribution in [-0.4, -0.2) is 19.1 Å². The van der Waals surface area contributed by atoms with Crippen LogP contribution in [0.25, 0.3) is 10.9 Å². The number of fused-ring (bicyclic) bond motifs is 1. The maximum absolute atomic E-state index is 13.2. The van der Waals surface area contributed by atoms with Crippen molar-refractivity contribution in [1.82, 2.24) is 4.98 Å². The molecule has 0 amide bonds. The minimum atomic E-state index is -0.304. The highest BCUT2D eigenvalue weighted by molar-refractivity contribution is 5.92. The van der Waals surface area contributed by atoms with Crippen molar-refractivity contribution < 1.29 is 4.39 Å². The molecule has 4 heteroatoms. The SMILES string of the molecule is CN(C)c1cc(C#N)nc2ccc(F)cc12. The van der Waals surface area contributed by atoms with Gasteiger partial charge in [0.1, 0.15) is 17.6 Å². The first-order valence-electron chi connectivity index (χ1n) is 4.79. The van der Waals surface area contributed by atoms with Crippen LogP contribution in [0.1, 0.15) is 5.69 Å². The van der Waals surface area contributed by atoms with Crippen molar-refractivity contribution in [3.63, 3.8) is 0 Å². The molecule has 2 aromatic rings.